The summed E-state index contributed by atoms with van der Waals surface area (Å²) >= 11 is 0. The number of nitrogens with one attached hydrogen (secondary N) is 1. The first-order valence-electron chi connectivity index (χ1n) is 8.44. The zero-order chi connectivity index (χ0) is 16.1. The standard InChI is InChI=1S/C17H28N4O/c1-10(2)21-12(4)13(11(3)20-21)8-16(22)19-15-9-14(18)17(15)6-5-7-17/h10,14-15H,5-9,18H2,1-4H3,(H,19,22). The van der Waals surface area contributed by atoms with Crippen LogP contribution in [0.1, 0.15) is 62.5 Å². The number of rotatable bonds is 4. The molecule has 0 radical (unpaired) electrons. The van der Waals surface area contributed by atoms with Gasteiger partial charge in [0.25, 0.3) is 0 Å². The minimum absolute atomic E-state index is 0.109. The largest absolute Gasteiger partial charge is 0.352 e. The van der Waals surface area contributed by atoms with Crippen molar-refractivity contribution in [1.29, 1.82) is 0 Å². The Morgan fingerprint density at radius 3 is 2.59 bits per heavy atom. The highest BCUT2D eigenvalue weighted by atomic mass is 16.1. The van der Waals surface area contributed by atoms with Gasteiger partial charge < -0.3 is 11.1 Å². The summed E-state index contributed by atoms with van der Waals surface area (Å²) in [6.07, 6.45) is 4.94. The second kappa shape index (κ2) is 5.37. The number of aryl methyl sites for hydroxylation is 1. The molecule has 2 aliphatic carbocycles. The molecule has 1 amide bonds. The first-order valence-corrected chi connectivity index (χ1v) is 8.44. The Hall–Kier alpha value is -1.36. The number of amides is 1. The smallest absolute Gasteiger partial charge is 0.224 e. The Morgan fingerprint density at radius 2 is 2.14 bits per heavy atom. The van der Waals surface area contributed by atoms with Gasteiger partial charge in [-0.2, -0.15) is 5.10 Å². The van der Waals surface area contributed by atoms with Gasteiger partial charge in [-0.25, -0.2) is 0 Å². The Balaban J connectivity index is 1.66. The van der Waals surface area contributed by atoms with Crippen molar-refractivity contribution in [3.05, 3.63) is 17.0 Å². The predicted octanol–water partition coefficient (Wildman–Crippen LogP) is 2.01. The van der Waals surface area contributed by atoms with Crippen LogP contribution < -0.4 is 11.1 Å². The Kier molecular flexibility index (Phi) is 3.79. The molecule has 2 aliphatic rings. The molecule has 0 aliphatic heterocycles. The van der Waals surface area contributed by atoms with Gasteiger partial charge in [-0.15, -0.1) is 0 Å². The molecular formula is C17H28N4O. The summed E-state index contributed by atoms with van der Waals surface area (Å²) in [5.41, 5.74) is 9.50. The minimum atomic E-state index is 0.109. The van der Waals surface area contributed by atoms with E-state index in [2.05, 4.69) is 31.2 Å². The average Bonchev–Trinajstić information content (AvgIpc) is 2.64. The van der Waals surface area contributed by atoms with Crippen molar-refractivity contribution in [1.82, 2.24) is 15.1 Å². The van der Waals surface area contributed by atoms with Crippen LogP contribution in [0, 0.1) is 19.3 Å². The number of aromatic nitrogens is 2. The van der Waals surface area contributed by atoms with E-state index in [1.165, 1.54) is 19.3 Å². The molecule has 3 rings (SSSR count). The lowest BCUT2D eigenvalue weighted by atomic mass is 9.50. The van der Waals surface area contributed by atoms with E-state index in [9.17, 15) is 4.79 Å². The van der Waals surface area contributed by atoms with Crippen LogP contribution in [0.2, 0.25) is 0 Å². The van der Waals surface area contributed by atoms with Crippen molar-refractivity contribution in [2.45, 2.75) is 77.9 Å². The van der Waals surface area contributed by atoms with E-state index in [4.69, 9.17) is 5.73 Å². The molecule has 0 aromatic carbocycles. The topological polar surface area (TPSA) is 72.9 Å². The molecule has 0 bridgehead atoms. The zero-order valence-electron chi connectivity index (χ0n) is 14.1. The lowest BCUT2D eigenvalue weighted by molar-refractivity contribution is -0.127. The Labute approximate surface area is 132 Å². The molecule has 2 fully saturated rings. The third kappa shape index (κ3) is 2.26. The molecule has 1 aromatic rings. The van der Waals surface area contributed by atoms with Crippen molar-refractivity contribution in [2.75, 3.05) is 0 Å². The van der Waals surface area contributed by atoms with Crippen LogP contribution in [0.15, 0.2) is 0 Å². The fourth-order valence-corrected chi connectivity index (χ4v) is 4.19. The highest BCUT2D eigenvalue weighted by Crippen LogP contribution is 2.55. The first kappa shape index (κ1) is 15.5. The van der Waals surface area contributed by atoms with Gasteiger partial charge in [0.05, 0.1) is 12.1 Å². The van der Waals surface area contributed by atoms with Crippen molar-refractivity contribution < 1.29 is 4.79 Å². The maximum atomic E-state index is 12.4. The molecular weight excluding hydrogens is 276 g/mol. The van der Waals surface area contributed by atoms with Gasteiger partial charge >= 0.3 is 0 Å². The summed E-state index contributed by atoms with van der Waals surface area (Å²) < 4.78 is 2.00. The number of nitrogens with two attached hydrogens (primary N) is 1. The van der Waals surface area contributed by atoms with Gasteiger partial charge in [0.2, 0.25) is 5.91 Å². The predicted molar refractivity (Wildman–Crippen MR) is 86.6 cm³/mol. The van der Waals surface area contributed by atoms with Crippen molar-refractivity contribution >= 4 is 5.91 Å². The molecule has 122 valence electrons. The summed E-state index contributed by atoms with van der Waals surface area (Å²) in [4.78, 5) is 12.4. The van der Waals surface area contributed by atoms with Crippen LogP contribution in [-0.4, -0.2) is 27.8 Å². The fourth-order valence-electron chi connectivity index (χ4n) is 4.19. The molecule has 3 N–H and O–H groups in total. The number of carbonyl (C=O) groups is 1. The first-order chi connectivity index (χ1) is 10.3. The van der Waals surface area contributed by atoms with Gasteiger partial charge in [0.1, 0.15) is 0 Å². The summed E-state index contributed by atoms with van der Waals surface area (Å²) in [7, 11) is 0. The van der Waals surface area contributed by atoms with Gasteiger partial charge in [-0.05, 0) is 47.0 Å². The second-order valence-electron chi connectivity index (χ2n) is 7.41. The van der Waals surface area contributed by atoms with Gasteiger partial charge in [-0.1, -0.05) is 6.42 Å². The Bertz CT molecular complexity index is 586. The summed E-state index contributed by atoms with van der Waals surface area (Å²) in [6.45, 7) is 8.26. The number of carbonyl (C=O) groups excluding carboxylic acids is 1. The van der Waals surface area contributed by atoms with Crippen molar-refractivity contribution in [2.24, 2.45) is 11.1 Å². The number of hydrogen-bond donors (Lipinski definition) is 2. The quantitative estimate of drug-likeness (QED) is 0.893. The van der Waals surface area contributed by atoms with Crippen LogP contribution in [0.5, 0.6) is 0 Å². The van der Waals surface area contributed by atoms with E-state index in [1.54, 1.807) is 0 Å². The molecule has 1 heterocycles. The summed E-state index contributed by atoms with van der Waals surface area (Å²) in [5, 5.41) is 7.79. The van der Waals surface area contributed by atoms with Crippen molar-refractivity contribution in [3.63, 3.8) is 0 Å². The maximum Gasteiger partial charge on any atom is 0.224 e. The molecule has 2 atom stereocenters. The third-order valence-corrected chi connectivity index (χ3v) is 5.84. The molecule has 0 saturated heterocycles. The van der Waals surface area contributed by atoms with Crippen molar-refractivity contribution in [3.8, 4) is 0 Å². The van der Waals surface area contributed by atoms with E-state index < -0.39 is 0 Å². The van der Waals surface area contributed by atoms with Gasteiger partial charge in [0, 0.05) is 34.8 Å². The minimum Gasteiger partial charge on any atom is -0.352 e. The van der Waals surface area contributed by atoms with E-state index in [0.717, 1.165) is 23.4 Å². The average molecular weight is 304 g/mol. The SMILES string of the molecule is Cc1nn(C(C)C)c(C)c1CC(=O)NC1CC(N)C12CCC2. The fraction of sp³-hybridized carbons (Fsp3) is 0.765. The lowest BCUT2D eigenvalue weighted by Crippen LogP contribution is -2.70. The molecule has 2 unspecified atom stereocenters. The third-order valence-electron chi connectivity index (χ3n) is 5.84. The number of nitrogens with zero attached hydrogens (tertiary/aromatic N) is 2. The number of hydrogen-bond acceptors (Lipinski definition) is 3. The van der Waals surface area contributed by atoms with Crippen LogP contribution in [0.4, 0.5) is 0 Å². The zero-order valence-corrected chi connectivity index (χ0v) is 14.1. The Morgan fingerprint density at radius 1 is 1.45 bits per heavy atom. The molecule has 1 spiro atoms. The second-order valence-corrected chi connectivity index (χ2v) is 7.41. The molecule has 5 nitrogen and oxygen atoms in total. The molecule has 22 heavy (non-hydrogen) atoms. The highest BCUT2D eigenvalue weighted by molar-refractivity contribution is 5.79. The van der Waals surface area contributed by atoms with Gasteiger partial charge in [-0.3, -0.25) is 9.48 Å². The summed E-state index contributed by atoms with van der Waals surface area (Å²) in [5.74, 6) is 0.109. The normalized spacial score (nSPS) is 25.9. The maximum absolute atomic E-state index is 12.4. The van der Waals surface area contributed by atoms with E-state index in [0.29, 0.717) is 12.5 Å². The van der Waals surface area contributed by atoms with Crippen LogP contribution in [0.25, 0.3) is 0 Å². The van der Waals surface area contributed by atoms with Crippen LogP contribution in [-0.2, 0) is 11.2 Å². The van der Waals surface area contributed by atoms with Gasteiger partial charge in [0.15, 0.2) is 0 Å². The monoisotopic (exact) mass is 304 g/mol. The van der Waals surface area contributed by atoms with Crippen LogP contribution >= 0.6 is 0 Å². The molecule has 1 aromatic heterocycles. The summed E-state index contributed by atoms with van der Waals surface area (Å²) in [6, 6.07) is 0.876. The highest BCUT2D eigenvalue weighted by Gasteiger charge is 2.57. The van der Waals surface area contributed by atoms with E-state index in [1.807, 2.05) is 11.6 Å². The molecule has 2 saturated carbocycles. The van der Waals surface area contributed by atoms with E-state index in [-0.39, 0.29) is 23.4 Å². The lowest BCUT2D eigenvalue weighted by Gasteiger charge is -2.60. The molecule has 5 heteroatoms. The van der Waals surface area contributed by atoms with E-state index >= 15 is 0 Å². The van der Waals surface area contributed by atoms with Crippen LogP contribution in [0.3, 0.4) is 0 Å².